The molecule has 0 unspecified atom stereocenters. The van der Waals surface area contributed by atoms with E-state index >= 15 is 0 Å². The summed E-state index contributed by atoms with van der Waals surface area (Å²) in [7, 11) is 0. The molecule has 0 radical (unpaired) electrons. The first-order chi connectivity index (χ1) is 6.83. The van der Waals surface area contributed by atoms with Crippen LogP contribution in [-0.4, -0.2) is 4.98 Å². The van der Waals surface area contributed by atoms with E-state index in [0.717, 1.165) is 12.8 Å². The normalized spacial score (nSPS) is 13.2. The summed E-state index contributed by atoms with van der Waals surface area (Å²) in [5.74, 6) is 0. The van der Waals surface area contributed by atoms with Crippen LogP contribution in [0.5, 0.6) is 0 Å². The Hall–Kier alpha value is -0.370. The Balaban J connectivity index is 3.00. The van der Waals surface area contributed by atoms with Crippen molar-refractivity contribution in [3.63, 3.8) is 0 Å². The first kappa shape index (κ1) is 12.7. The maximum atomic E-state index is 4.81. The number of hydrogen-bond acceptors (Lipinski definition) is 2. The molecule has 1 aromatic heterocycles. The van der Waals surface area contributed by atoms with Gasteiger partial charge in [-0.3, -0.25) is 0 Å². The summed E-state index contributed by atoms with van der Waals surface area (Å²) >= 11 is 1.81. The van der Waals surface area contributed by atoms with Crippen molar-refractivity contribution in [2.24, 2.45) is 0 Å². The molecule has 0 spiro atoms. The van der Waals surface area contributed by atoms with Gasteiger partial charge in [0.25, 0.3) is 0 Å². The van der Waals surface area contributed by atoms with Gasteiger partial charge < -0.3 is 0 Å². The molecule has 0 bridgehead atoms. The molecule has 1 nitrogen and oxygen atoms in total. The highest BCUT2D eigenvalue weighted by molar-refractivity contribution is 7.09. The Labute approximate surface area is 97.9 Å². The highest BCUT2D eigenvalue weighted by Gasteiger charge is 2.26. The molecule has 86 valence electrons. The van der Waals surface area contributed by atoms with E-state index in [-0.39, 0.29) is 10.8 Å². The van der Waals surface area contributed by atoms with Crippen molar-refractivity contribution < 1.29 is 0 Å². The van der Waals surface area contributed by atoms with E-state index in [1.165, 1.54) is 10.7 Å². The summed E-state index contributed by atoms with van der Waals surface area (Å²) in [6.45, 7) is 13.5. The average molecular weight is 225 g/mol. The van der Waals surface area contributed by atoms with Crippen molar-refractivity contribution in [3.05, 3.63) is 16.1 Å². The van der Waals surface area contributed by atoms with Crippen molar-refractivity contribution in [1.29, 1.82) is 0 Å². The number of hydrogen-bond donors (Lipinski definition) is 0. The molecular formula is C13H23NS. The number of aromatic nitrogens is 1. The van der Waals surface area contributed by atoms with Gasteiger partial charge in [-0.25, -0.2) is 4.98 Å². The van der Waals surface area contributed by atoms with E-state index in [1.54, 1.807) is 0 Å². The second-order valence-corrected chi connectivity index (χ2v) is 6.37. The minimum Gasteiger partial charge on any atom is -0.245 e. The number of nitrogens with zero attached hydrogens (tertiary/aromatic N) is 1. The minimum atomic E-state index is 0.221. The van der Waals surface area contributed by atoms with Gasteiger partial charge in [-0.05, 0) is 12.8 Å². The van der Waals surface area contributed by atoms with Gasteiger partial charge in [0.15, 0.2) is 0 Å². The monoisotopic (exact) mass is 225 g/mol. The largest absolute Gasteiger partial charge is 0.245 e. The molecule has 0 N–H and O–H groups in total. The molecule has 1 aromatic rings. The van der Waals surface area contributed by atoms with E-state index in [9.17, 15) is 0 Å². The third kappa shape index (κ3) is 2.60. The highest BCUT2D eigenvalue weighted by atomic mass is 32.1. The molecule has 15 heavy (non-hydrogen) atoms. The standard InChI is InChI=1S/C13H23NS/c1-7-12(3,4)10-9-15-11(14-10)13(5,6)8-2/h9H,7-8H2,1-6H3. The van der Waals surface area contributed by atoms with Crippen molar-refractivity contribution in [1.82, 2.24) is 4.98 Å². The quantitative estimate of drug-likeness (QED) is 0.734. The summed E-state index contributed by atoms with van der Waals surface area (Å²) in [5, 5.41) is 3.51. The molecule has 1 heterocycles. The molecule has 0 atom stereocenters. The van der Waals surface area contributed by atoms with E-state index in [0.29, 0.717) is 0 Å². The van der Waals surface area contributed by atoms with Gasteiger partial charge in [-0.1, -0.05) is 41.5 Å². The first-order valence-electron chi connectivity index (χ1n) is 5.80. The Morgan fingerprint density at radius 2 is 1.60 bits per heavy atom. The fourth-order valence-corrected chi connectivity index (χ4v) is 2.44. The molecule has 0 saturated heterocycles. The lowest BCUT2D eigenvalue weighted by molar-refractivity contribution is 0.472. The third-order valence-corrected chi connectivity index (χ3v) is 4.75. The fourth-order valence-electron chi connectivity index (χ4n) is 1.23. The molecule has 0 fully saturated rings. The fraction of sp³-hybridized carbons (Fsp3) is 0.769. The van der Waals surface area contributed by atoms with Crippen LogP contribution in [0, 0.1) is 0 Å². The molecule has 0 aliphatic heterocycles. The average Bonchev–Trinajstić information content (AvgIpc) is 2.67. The Bertz CT molecular complexity index is 293. The van der Waals surface area contributed by atoms with Gasteiger partial charge in [0.1, 0.15) is 0 Å². The van der Waals surface area contributed by atoms with E-state index in [4.69, 9.17) is 4.98 Å². The second kappa shape index (κ2) is 4.25. The van der Waals surface area contributed by atoms with Crippen LogP contribution in [0.25, 0.3) is 0 Å². The van der Waals surface area contributed by atoms with Crippen molar-refractivity contribution in [3.8, 4) is 0 Å². The minimum absolute atomic E-state index is 0.221. The lowest BCUT2D eigenvalue weighted by Gasteiger charge is -2.22. The summed E-state index contributed by atoms with van der Waals surface area (Å²) in [6.07, 6.45) is 2.29. The van der Waals surface area contributed by atoms with Crippen LogP contribution in [-0.2, 0) is 10.8 Å². The highest BCUT2D eigenvalue weighted by Crippen LogP contribution is 2.34. The van der Waals surface area contributed by atoms with Crippen LogP contribution in [0.2, 0.25) is 0 Å². The van der Waals surface area contributed by atoms with Gasteiger partial charge in [-0.2, -0.15) is 0 Å². The lowest BCUT2D eigenvalue weighted by Crippen LogP contribution is -2.19. The zero-order chi connectivity index (χ0) is 11.7. The maximum absolute atomic E-state index is 4.81. The van der Waals surface area contributed by atoms with Crippen LogP contribution in [0.3, 0.4) is 0 Å². The van der Waals surface area contributed by atoms with Gasteiger partial charge in [-0.15, -0.1) is 11.3 Å². The summed E-state index contributed by atoms with van der Waals surface area (Å²) in [4.78, 5) is 4.81. The van der Waals surface area contributed by atoms with Crippen molar-refractivity contribution >= 4 is 11.3 Å². The van der Waals surface area contributed by atoms with Gasteiger partial charge >= 0.3 is 0 Å². The van der Waals surface area contributed by atoms with E-state index in [2.05, 4.69) is 46.9 Å². The summed E-state index contributed by atoms with van der Waals surface area (Å²) < 4.78 is 0. The predicted octanol–water partition coefficient (Wildman–Crippen LogP) is 4.52. The van der Waals surface area contributed by atoms with E-state index < -0.39 is 0 Å². The molecule has 0 aliphatic carbocycles. The van der Waals surface area contributed by atoms with Crippen LogP contribution >= 0.6 is 11.3 Å². The molecule has 2 heteroatoms. The zero-order valence-corrected chi connectivity index (χ0v) is 11.7. The molecule has 0 aliphatic rings. The van der Waals surface area contributed by atoms with Crippen LogP contribution in [0.15, 0.2) is 5.38 Å². The topological polar surface area (TPSA) is 12.9 Å². The second-order valence-electron chi connectivity index (χ2n) is 5.51. The number of rotatable bonds is 4. The maximum Gasteiger partial charge on any atom is 0.0984 e. The van der Waals surface area contributed by atoms with Crippen molar-refractivity contribution in [2.75, 3.05) is 0 Å². The Morgan fingerprint density at radius 3 is 2.07 bits per heavy atom. The molecule has 0 saturated carbocycles. The molecular weight excluding hydrogens is 202 g/mol. The molecule has 0 aromatic carbocycles. The summed E-state index contributed by atoms with van der Waals surface area (Å²) in [5.41, 5.74) is 1.71. The molecule has 1 rings (SSSR count). The predicted molar refractivity (Wildman–Crippen MR) is 68.7 cm³/mol. The zero-order valence-electron chi connectivity index (χ0n) is 10.8. The van der Waals surface area contributed by atoms with Crippen LogP contribution in [0.4, 0.5) is 0 Å². The first-order valence-corrected chi connectivity index (χ1v) is 6.68. The van der Waals surface area contributed by atoms with Crippen LogP contribution in [0.1, 0.15) is 65.1 Å². The SMILES string of the molecule is CCC(C)(C)c1csc(C(C)(C)CC)n1. The van der Waals surface area contributed by atoms with Crippen molar-refractivity contribution in [2.45, 2.75) is 65.2 Å². The third-order valence-electron chi connectivity index (χ3n) is 3.54. The van der Waals surface area contributed by atoms with Gasteiger partial charge in [0.05, 0.1) is 10.7 Å². The Morgan fingerprint density at radius 1 is 1.07 bits per heavy atom. The smallest absolute Gasteiger partial charge is 0.0984 e. The summed E-state index contributed by atoms with van der Waals surface area (Å²) in [6, 6.07) is 0. The Kier molecular flexibility index (Phi) is 3.59. The van der Waals surface area contributed by atoms with E-state index in [1.807, 2.05) is 11.3 Å². The van der Waals surface area contributed by atoms with Gasteiger partial charge in [0, 0.05) is 16.2 Å². The number of thiazole rings is 1. The molecule has 0 amide bonds. The lowest BCUT2D eigenvalue weighted by atomic mass is 9.86. The van der Waals surface area contributed by atoms with Gasteiger partial charge in [0.2, 0.25) is 0 Å². The van der Waals surface area contributed by atoms with Crippen LogP contribution < -0.4 is 0 Å².